The molecule has 1 aliphatic rings. The van der Waals surface area contributed by atoms with Gasteiger partial charge in [-0.15, -0.1) is 11.3 Å². The second-order valence-corrected chi connectivity index (χ2v) is 5.59. The van der Waals surface area contributed by atoms with Gasteiger partial charge in [-0.05, 0) is 13.0 Å². The molecule has 3 heterocycles. The molecule has 1 N–H and O–H groups in total. The third-order valence-corrected chi connectivity index (χ3v) is 4.13. The predicted octanol–water partition coefficient (Wildman–Crippen LogP) is 1.73. The Morgan fingerprint density at radius 2 is 2.26 bits per heavy atom. The van der Waals surface area contributed by atoms with Gasteiger partial charge in [0.15, 0.2) is 10.8 Å². The average Bonchev–Trinajstić information content (AvgIpc) is 3.02. The van der Waals surface area contributed by atoms with Crippen molar-refractivity contribution in [1.82, 2.24) is 14.7 Å². The lowest BCUT2D eigenvalue weighted by Gasteiger charge is -2.27. The third-order valence-electron chi connectivity index (χ3n) is 3.37. The van der Waals surface area contributed by atoms with Crippen LogP contribution in [-0.2, 0) is 11.3 Å². The highest BCUT2D eigenvalue weighted by molar-refractivity contribution is 7.15. The second kappa shape index (κ2) is 5.90. The zero-order valence-electron chi connectivity index (χ0n) is 11.3. The summed E-state index contributed by atoms with van der Waals surface area (Å²) >= 11 is 1.69. The van der Waals surface area contributed by atoms with Crippen molar-refractivity contribution in [2.75, 3.05) is 37.7 Å². The summed E-state index contributed by atoms with van der Waals surface area (Å²) in [6.45, 7) is 7.57. The molecule has 0 saturated carbocycles. The van der Waals surface area contributed by atoms with Crippen molar-refractivity contribution in [2.45, 2.75) is 19.9 Å². The number of anilines is 1. The molecule has 0 bridgehead atoms. The molecule has 0 spiro atoms. The van der Waals surface area contributed by atoms with Crippen molar-refractivity contribution in [3.63, 3.8) is 0 Å². The van der Waals surface area contributed by atoms with Gasteiger partial charge in [0.2, 0.25) is 0 Å². The monoisotopic (exact) mass is 280 g/mol. The van der Waals surface area contributed by atoms with Gasteiger partial charge in [0.25, 0.3) is 0 Å². The van der Waals surface area contributed by atoms with Gasteiger partial charge in [-0.25, -0.2) is 4.98 Å². The quantitative estimate of drug-likeness (QED) is 0.847. The summed E-state index contributed by atoms with van der Waals surface area (Å²) in [5.74, 6) is 1.12. The first kappa shape index (κ1) is 12.9. The summed E-state index contributed by atoms with van der Waals surface area (Å²) < 4.78 is 7.63. The Kier molecular flexibility index (Phi) is 4.00. The van der Waals surface area contributed by atoms with Crippen molar-refractivity contribution in [3.8, 4) is 0 Å². The Morgan fingerprint density at radius 1 is 1.42 bits per heavy atom. The molecule has 5 nitrogen and oxygen atoms in total. The SMILES string of the molecule is CCCNCc1c(N2CCOCC2)nc2sccn12. The summed E-state index contributed by atoms with van der Waals surface area (Å²) in [6.07, 6.45) is 3.26. The van der Waals surface area contributed by atoms with Crippen molar-refractivity contribution < 1.29 is 4.74 Å². The van der Waals surface area contributed by atoms with Crippen molar-refractivity contribution in [1.29, 1.82) is 0 Å². The molecule has 19 heavy (non-hydrogen) atoms. The maximum absolute atomic E-state index is 5.43. The van der Waals surface area contributed by atoms with Crippen LogP contribution in [0.25, 0.3) is 4.96 Å². The Bertz CT molecular complexity index is 530. The molecule has 1 aliphatic heterocycles. The van der Waals surface area contributed by atoms with Crippen molar-refractivity contribution in [2.24, 2.45) is 0 Å². The average molecular weight is 280 g/mol. The highest BCUT2D eigenvalue weighted by Crippen LogP contribution is 2.25. The molecule has 0 radical (unpaired) electrons. The van der Waals surface area contributed by atoms with E-state index in [9.17, 15) is 0 Å². The minimum absolute atomic E-state index is 0.799. The highest BCUT2D eigenvalue weighted by atomic mass is 32.1. The lowest BCUT2D eigenvalue weighted by molar-refractivity contribution is 0.122. The molecule has 104 valence electrons. The number of imidazole rings is 1. The summed E-state index contributed by atoms with van der Waals surface area (Å²) in [5, 5.41) is 5.58. The Morgan fingerprint density at radius 3 is 3.05 bits per heavy atom. The zero-order valence-corrected chi connectivity index (χ0v) is 12.1. The fourth-order valence-corrected chi connectivity index (χ4v) is 3.13. The van der Waals surface area contributed by atoms with Gasteiger partial charge in [0.1, 0.15) is 0 Å². The smallest absolute Gasteiger partial charge is 0.195 e. The van der Waals surface area contributed by atoms with Crippen LogP contribution in [0, 0.1) is 0 Å². The molecule has 1 saturated heterocycles. The van der Waals surface area contributed by atoms with E-state index in [-0.39, 0.29) is 0 Å². The number of hydrogen-bond acceptors (Lipinski definition) is 5. The van der Waals surface area contributed by atoms with Crippen LogP contribution in [-0.4, -0.2) is 42.2 Å². The molecule has 0 atom stereocenters. The van der Waals surface area contributed by atoms with Crippen LogP contribution in [0.5, 0.6) is 0 Å². The minimum atomic E-state index is 0.799. The molecule has 3 rings (SSSR count). The molecular weight excluding hydrogens is 260 g/mol. The van der Waals surface area contributed by atoms with E-state index in [1.807, 2.05) is 0 Å². The van der Waals surface area contributed by atoms with Gasteiger partial charge in [-0.3, -0.25) is 4.40 Å². The van der Waals surface area contributed by atoms with E-state index < -0.39 is 0 Å². The van der Waals surface area contributed by atoms with Crippen LogP contribution < -0.4 is 10.2 Å². The number of aromatic nitrogens is 2. The van der Waals surface area contributed by atoms with Crippen molar-refractivity contribution in [3.05, 3.63) is 17.3 Å². The van der Waals surface area contributed by atoms with E-state index in [4.69, 9.17) is 9.72 Å². The van der Waals surface area contributed by atoms with E-state index in [1.54, 1.807) is 11.3 Å². The first-order chi connectivity index (χ1) is 9.40. The number of nitrogens with one attached hydrogen (secondary N) is 1. The number of fused-ring (bicyclic) bond motifs is 1. The first-order valence-corrected chi connectivity index (χ1v) is 7.76. The van der Waals surface area contributed by atoms with Gasteiger partial charge < -0.3 is 15.0 Å². The van der Waals surface area contributed by atoms with Gasteiger partial charge in [0.05, 0.1) is 18.9 Å². The number of nitrogens with zero attached hydrogens (tertiary/aromatic N) is 3. The molecule has 0 amide bonds. The number of morpholine rings is 1. The first-order valence-electron chi connectivity index (χ1n) is 6.88. The van der Waals surface area contributed by atoms with Crippen LogP contribution in [0.3, 0.4) is 0 Å². The zero-order chi connectivity index (χ0) is 13.1. The molecule has 0 aromatic carbocycles. The minimum Gasteiger partial charge on any atom is -0.378 e. The number of ether oxygens (including phenoxy) is 1. The molecule has 0 aliphatic carbocycles. The number of thiazole rings is 1. The normalized spacial score (nSPS) is 16.4. The lowest BCUT2D eigenvalue weighted by Crippen LogP contribution is -2.37. The van der Waals surface area contributed by atoms with E-state index in [1.165, 1.54) is 5.69 Å². The largest absolute Gasteiger partial charge is 0.378 e. The Balaban J connectivity index is 1.88. The summed E-state index contributed by atoms with van der Waals surface area (Å²) in [4.78, 5) is 8.20. The van der Waals surface area contributed by atoms with Gasteiger partial charge >= 0.3 is 0 Å². The van der Waals surface area contributed by atoms with E-state index in [0.717, 1.165) is 56.6 Å². The lowest BCUT2D eigenvalue weighted by atomic mass is 10.3. The molecule has 2 aromatic heterocycles. The second-order valence-electron chi connectivity index (χ2n) is 4.71. The van der Waals surface area contributed by atoms with Crippen LogP contribution in [0.15, 0.2) is 11.6 Å². The van der Waals surface area contributed by atoms with Crippen LogP contribution in [0.2, 0.25) is 0 Å². The van der Waals surface area contributed by atoms with E-state index in [0.29, 0.717) is 0 Å². The van der Waals surface area contributed by atoms with Crippen LogP contribution in [0.1, 0.15) is 19.0 Å². The molecule has 2 aromatic rings. The third kappa shape index (κ3) is 2.61. The molecular formula is C13H20N4OS. The maximum Gasteiger partial charge on any atom is 0.195 e. The van der Waals surface area contributed by atoms with Crippen molar-refractivity contribution >= 4 is 22.1 Å². The Labute approximate surface area is 117 Å². The van der Waals surface area contributed by atoms with Crippen LogP contribution in [0.4, 0.5) is 5.82 Å². The topological polar surface area (TPSA) is 41.8 Å². The maximum atomic E-state index is 5.43. The van der Waals surface area contributed by atoms with E-state index in [2.05, 4.69) is 33.1 Å². The molecule has 0 unspecified atom stereocenters. The fourth-order valence-electron chi connectivity index (χ4n) is 2.40. The molecule has 6 heteroatoms. The van der Waals surface area contributed by atoms with Gasteiger partial charge in [-0.2, -0.15) is 0 Å². The standard InChI is InChI=1S/C13H20N4OS/c1-2-3-14-10-11-12(16-4-7-18-8-5-16)15-13-17(11)6-9-19-13/h6,9,14H,2-5,7-8,10H2,1H3. The van der Waals surface area contributed by atoms with E-state index >= 15 is 0 Å². The van der Waals surface area contributed by atoms with Gasteiger partial charge in [-0.1, -0.05) is 6.92 Å². The number of rotatable bonds is 5. The van der Waals surface area contributed by atoms with Crippen LogP contribution >= 0.6 is 11.3 Å². The van der Waals surface area contributed by atoms with Gasteiger partial charge in [0, 0.05) is 31.2 Å². The molecule has 1 fully saturated rings. The summed E-state index contributed by atoms with van der Waals surface area (Å²) in [6, 6.07) is 0. The Hall–Kier alpha value is -1.11. The summed E-state index contributed by atoms with van der Waals surface area (Å²) in [7, 11) is 0. The predicted molar refractivity (Wildman–Crippen MR) is 78.1 cm³/mol. The summed E-state index contributed by atoms with van der Waals surface area (Å²) in [5.41, 5.74) is 1.27. The number of hydrogen-bond donors (Lipinski definition) is 1. The fraction of sp³-hybridized carbons (Fsp3) is 0.615. The highest BCUT2D eigenvalue weighted by Gasteiger charge is 2.20.